The fourth-order valence-corrected chi connectivity index (χ4v) is 0.967. The first-order valence-electron chi connectivity index (χ1n) is 2.53. The largest absolute Gasteiger partial charge is 0.288 e. The summed E-state index contributed by atoms with van der Waals surface area (Å²) in [6.07, 6.45) is 1.10. The van der Waals surface area contributed by atoms with Crippen LogP contribution in [0, 0.1) is 0 Å². The molecule has 0 saturated heterocycles. The molecule has 0 aromatic rings. The normalized spacial score (nSPS) is 10.5. The molecule has 0 aliphatic carbocycles. The second-order valence-corrected chi connectivity index (χ2v) is 2.95. The number of hydrogen-bond acceptors (Lipinski definition) is 5. The minimum Gasteiger partial charge on any atom is -0.269 e. The fourth-order valence-electron chi connectivity index (χ4n) is 0.322. The highest BCUT2D eigenvalue weighted by atomic mass is 32.2. The van der Waals surface area contributed by atoms with E-state index < -0.39 is 16.0 Å². The summed E-state index contributed by atoms with van der Waals surface area (Å²) in [7, 11) is -3.62. The van der Waals surface area contributed by atoms with Gasteiger partial charge in [-0.05, 0) is 6.92 Å². The predicted molar refractivity (Wildman–Crippen MR) is 33.5 cm³/mol. The van der Waals surface area contributed by atoms with E-state index in [9.17, 15) is 13.2 Å². The van der Waals surface area contributed by atoms with Gasteiger partial charge in [0.15, 0.2) is 5.88 Å². The van der Waals surface area contributed by atoms with Crippen LogP contribution < -0.4 is 0 Å². The highest BCUT2D eigenvalue weighted by molar-refractivity contribution is 7.86. The van der Waals surface area contributed by atoms with Gasteiger partial charge in [0.1, 0.15) is 0 Å². The van der Waals surface area contributed by atoms with Crippen molar-refractivity contribution in [3.63, 3.8) is 0 Å². The summed E-state index contributed by atoms with van der Waals surface area (Å²) in [4.78, 5) is 12.3. The van der Waals surface area contributed by atoms with Crippen molar-refractivity contribution in [1.29, 1.82) is 0 Å². The van der Waals surface area contributed by atoms with Gasteiger partial charge < -0.3 is 0 Å². The number of hydrogen-bond donors (Lipinski definition) is 0. The first-order valence-corrected chi connectivity index (χ1v) is 4.11. The molecule has 0 radical (unpaired) electrons. The molecule has 0 aromatic carbocycles. The lowest BCUT2D eigenvalue weighted by atomic mass is 10.9. The van der Waals surface area contributed by atoms with Gasteiger partial charge in [-0.3, -0.25) is 4.18 Å². The average Bonchev–Trinajstić information content (AvgIpc) is 1.84. The van der Waals surface area contributed by atoms with Gasteiger partial charge in [0.2, 0.25) is 6.08 Å². The van der Waals surface area contributed by atoms with E-state index >= 15 is 0 Å². The van der Waals surface area contributed by atoms with Gasteiger partial charge in [-0.2, -0.15) is 13.4 Å². The highest BCUT2D eigenvalue weighted by Gasteiger charge is 2.06. The Morgan fingerprint density at radius 2 is 2.20 bits per heavy atom. The maximum Gasteiger partial charge on any atom is 0.288 e. The van der Waals surface area contributed by atoms with Crippen molar-refractivity contribution >= 4 is 16.2 Å². The minimum absolute atomic E-state index is 0.0523. The summed E-state index contributed by atoms with van der Waals surface area (Å²) >= 11 is 0. The standard InChI is InChI=1S/C4H7NO4S/c1-2-9-10(7,8)4-5-3-6/h2,4H2,1H3. The summed E-state index contributed by atoms with van der Waals surface area (Å²) in [6, 6.07) is 0. The third kappa shape index (κ3) is 4.20. The van der Waals surface area contributed by atoms with Gasteiger partial charge in [-0.15, -0.1) is 0 Å². The van der Waals surface area contributed by atoms with Crippen LogP contribution in [-0.4, -0.2) is 27.0 Å². The van der Waals surface area contributed by atoms with E-state index in [4.69, 9.17) is 0 Å². The summed E-state index contributed by atoms with van der Waals surface area (Å²) < 4.78 is 25.2. The molecule has 0 amide bonds. The summed E-state index contributed by atoms with van der Waals surface area (Å²) in [5.41, 5.74) is 0. The molecule has 6 heteroatoms. The molecular weight excluding hydrogens is 158 g/mol. The van der Waals surface area contributed by atoms with E-state index in [0.717, 1.165) is 6.08 Å². The molecule has 10 heavy (non-hydrogen) atoms. The molecule has 0 aromatic heterocycles. The van der Waals surface area contributed by atoms with E-state index in [1.165, 1.54) is 6.92 Å². The fraction of sp³-hybridized carbons (Fsp3) is 0.750. The molecule has 0 aliphatic heterocycles. The summed E-state index contributed by atoms with van der Waals surface area (Å²) in [5.74, 6) is -0.648. The van der Waals surface area contributed by atoms with E-state index in [0.29, 0.717) is 0 Å². The van der Waals surface area contributed by atoms with Gasteiger partial charge in [-0.1, -0.05) is 0 Å². The van der Waals surface area contributed by atoms with Gasteiger partial charge in [0.25, 0.3) is 10.1 Å². The third-order valence-electron chi connectivity index (χ3n) is 0.585. The highest BCUT2D eigenvalue weighted by Crippen LogP contribution is 1.91. The van der Waals surface area contributed by atoms with Crippen molar-refractivity contribution in [2.75, 3.05) is 12.5 Å². The zero-order valence-electron chi connectivity index (χ0n) is 5.40. The molecule has 5 nitrogen and oxygen atoms in total. The molecule has 0 spiro atoms. The van der Waals surface area contributed by atoms with E-state index in [-0.39, 0.29) is 6.61 Å². The van der Waals surface area contributed by atoms with Crippen LogP contribution in [-0.2, 0) is 19.1 Å². The van der Waals surface area contributed by atoms with Crippen LogP contribution in [0.2, 0.25) is 0 Å². The molecule has 0 fully saturated rings. The van der Waals surface area contributed by atoms with Crippen molar-refractivity contribution in [2.45, 2.75) is 6.92 Å². The van der Waals surface area contributed by atoms with Crippen LogP contribution in [0.15, 0.2) is 4.99 Å². The lowest BCUT2D eigenvalue weighted by Gasteiger charge is -1.95. The first kappa shape index (κ1) is 9.29. The Labute approximate surface area is 58.8 Å². The predicted octanol–water partition coefficient (Wildman–Crippen LogP) is -0.354. The zero-order chi connectivity index (χ0) is 8.04. The molecule has 0 bridgehead atoms. The van der Waals surface area contributed by atoms with Crippen molar-refractivity contribution < 1.29 is 17.4 Å². The maximum atomic E-state index is 10.5. The monoisotopic (exact) mass is 165 g/mol. The lowest BCUT2D eigenvalue weighted by Crippen LogP contribution is -2.08. The SMILES string of the molecule is CCOS(=O)(=O)CN=C=O. The van der Waals surface area contributed by atoms with Crippen molar-refractivity contribution in [3.05, 3.63) is 0 Å². The second-order valence-electron chi connectivity index (χ2n) is 1.34. The van der Waals surface area contributed by atoms with E-state index in [2.05, 4.69) is 9.18 Å². The topological polar surface area (TPSA) is 72.8 Å². The van der Waals surface area contributed by atoms with Gasteiger partial charge in [0, 0.05) is 0 Å². The molecule has 0 rings (SSSR count). The van der Waals surface area contributed by atoms with Crippen LogP contribution in [0.25, 0.3) is 0 Å². The van der Waals surface area contributed by atoms with Gasteiger partial charge >= 0.3 is 0 Å². The second kappa shape index (κ2) is 4.16. The number of nitrogens with zero attached hydrogens (tertiary/aromatic N) is 1. The third-order valence-corrected chi connectivity index (χ3v) is 1.62. The quantitative estimate of drug-likeness (QED) is 0.324. The molecule has 0 heterocycles. The van der Waals surface area contributed by atoms with Crippen molar-refractivity contribution in [1.82, 2.24) is 0 Å². The summed E-state index contributed by atoms with van der Waals surface area (Å²) in [5, 5.41) is 0. The van der Waals surface area contributed by atoms with Crippen LogP contribution in [0.4, 0.5) is 0 Å². The van der Waals surface area contributed by atoms with Crippen molar-refractivity contribution in [2.24, 2.45) is 4.99 Å². The Balaban J connectivity index is 4.01. The number of aliphatic imine (C=N–C) groups is 1. The average molecular weight is 165 g/mol. The Hall–Kier alpha value is -0.710. The lowest BCUT2D eigenvalue weighted by molar-refractivity contribution is 0.338. The first-order chi connectivity index (χ1) is 4.62. The number of isocyanates is 1. The Morgan fingerprint density at radius 1 is 1.60 bits per heavy atom. The summed E-state index contributed by atoms with van der Waals surface area (Å²) in [6.45, 7) is 1.58. The smallest absolute Gasteiger partial charge is 0.269 e. The Bertz CT molecular complexity index is 226. The molecule has 0 saturated carbocycles. The van der Waals surface area contributed by atoms with Crippen LogP contribution in [0.3, 0.4) is 0 Å². The van der Waals surface area contributed by atoms with E-state index in [1.807, 2.05) is 0 Å². The van der Waals surface area contributed by atoms with Crippen molar-refractivity contribution in [3.8, 4) is 0 Å². The molecular formula is C4H7NO4S. The minimum atomic E-state index is -3.62. The van der Waals surface area contributed by atoms with Crippen LogP contribution in [0.5, 0.6) is 0 Å². The number of carbonyl (C=O) groups excluding carboxylic acids is 1. The van der Waals surface area contributed by atoms with Crippen LogP contribution >= 0.6 is 0 Å². The maximum absolute atomic E-state index is 10.5. The van der Waals surface area contributed by atoms with Gasteiger partial charge in [0.05, 0.1) is 6.61 Å². The Morgan fingerprint density at radius 3 is 2.60 bits per heavy atom. The Kier molecular flexibility index (Phi) is 3.87. The molecule has 0 atom stereocenters. The number of rotatable bonds is 4. The zero-order valence-corrected chi connectivity index (χ0v) is 6.22. The molecule has 58 valence electrons. The molecule has 0 unspecified atom stereocenters. The van der Waals surface area contributed by atoms with Gasteiger partial charge in [-0.25, -0.2) is 4.79 Å². The van der Waals surface area contributed by atoms with Crippen LogP contribution in [0.1, 0.15) is 6.92 Å². The molecule has 0 N–H and O–H groups in total. The molecule has 0 aliphatic rings. The van der Waals surface area contributed by atoms with E-state index in [1.54, 1.807) is 0 Å².